The lowest BCUT2D eigenvalue weighted by Gasteiger charge is -2.09. The number of ether oxygens (including phenoxy) is 2. The number of carbonyl (C=O) groups is 1. The number of nitrogens with zero attached hydrogens (tertiary/aromatic N) is 3. The average molecular weight is 397 g/mol. The second-order valence-corrected chi connectivity index (χ2v) is 6.22. The molecule has 2 aromatic heterocycles. The van der Waals surface area contributed by atoms with Crippen LogP contribution in [0.1, 0.15) is 16.1 Å². The van der Waals surface area contributed by atoms with Crippen LogP contribution in [0.2, 0.25) is 0 Å². The van der Waals surface area contributed by atoms with Crippen LogP contribution in [-0.2, 0) is 6.54 Å². The third-order valence-electron chi connectivity index (χ3n) is 4.40. The quantitative estimate of drug-likeness (QED) is 0.530. The number of methoxy groups -OCH3 is 2. The molecule has 4 aromatic rings. The van der Waals surface area contributed by atoms with Gasteiger partial charge in [0, 0.05) is 12.6 Å². The molecule has 2 N–H and O–H groups in total. The van der Waals surface area contributed by atoms with Gasteiger partial charge in [0.05, 0.1) is 25.3 Å². The van der Waals surface area contributed by atoms with E-state index in [1.54, 1.807) is 18.2 Å². The minimum Gasteiger partial charge on any atom is -0.497 e. The number of hydrogen-bond acceptors (Lipinski definition) is 6. The van der Waals surface area contributed by atoms with Gasteiger partial charge >= 0.3 is 0 Å². The van der Waals surface area contributed by atoms with E-state index in [1.807, 2.05) is 0 Å². The fourth-order valence-corrected chi connectivity index (χ4v) is 3.02. The molecule has 29 heavy (non-hydrogen) atoms. The second-order valence-electron chi connectivity index (χ2n) is 6.22. The Balaban J connectivity index is 1.66. The smallest absolute Gasteiger partial charge is 0.277 e. The van der Waals surface area contributed by atoms with Crippen molar-refractivity contribution in [2.75, 3.05) is 14.2 Å². The minimum atomic E-state index is -0.596. The van der Waals surface area contributed by atoms with Gasteiger partial charge in [0.1, 0.15) is 17.3 Å². The summed E-state index contributed by atoms with van der Waals surface area (Å²) in [5, 5.41) is 10.4. The van der Waals surface area contributed by atoms with Crippen molar-refractivity contribution in [3.05, 3.63) is 63.8 Å². The first kappa shape index (κ1) is 18.4. The van der Waals surface area contributed by atoms with Crippen LogP contribution in [0.5, 0.6) is 11.5 Å². The highest BCUT2D eigenvalue weighted by molar-refractivity contribution is 5.99. The Labute approximate surface area is 163 Å². The van der Waals surface area contributed by atoms with Gasteiger partial charge in [0.15, 0.2) is 11.2 Å². The van der Waals surface area contributed by atoms with Crippen LogP contribution in [0, 0.1) is 5.82 Å². The molecule has 4 rings (SSSR count). The molecule has 0 saturated carbocycles. The molecule has 2 aromatic carbocycles. The Bertz CT molecular complexity index is 1270. The number of H-pyrrole nitrogens is 1. The van der Waals surface area contributed by atoms with Crippen molar-refractivity contribution < 1.29 is 18.7 Å². The second kappa shape index (κ2) is 7.23. The maximum atomic E-state index is 13.4. The summed E-state index contributed by atoms with van der Waals surface area (Å²) in [5.74, 6) is 0.0868. The Hall–Kier alpha value is -3.95. The van der Waals surface area contributed by atoms with E-state index in [4.69, 9.17) is 9.47 Å². The topological polar surface area (TPSA) is 111 Å². The van der Waals surface area contributed by atoms with Gasteiger partial charge in [-0.05, 0) is 35.9 Å². The fraction of sp³-hybridized carbons (Fsp3) is 0.158. The van der Waals surface area contributed by atoms with Crippen LogP contribution < -0.4 is 20.3 Å². The van der Waals surface area contributed by atoms with E-state index >= 15 is 0 Å². The highest BCUT2D eigenvalue weighted by Crippen LogP contribution is 2.22. The summed E-state index contributed by atoms with van der Waals surface area (Å²) in [7, 11) is 3.06. The van der Waals surface area contributed by atoms with Gasteiger partial charge in [-0.25, -0.2) is 8.91 Å². The molecule has 9 nitrogen and oxygen atoms in total. The zero-order valence-corrected chi connectivity index (χ0v) is 15.5. The zero-order valence-electron chi connectivity index (χ0n) is 15.5. The lowest BCUT2D eigenvalue weighted by molar-refractivity contribution is 0.0947. The number of fused-ring (bicyclic) bond motifs is 3. The molecule has 0 aliphatic carbocycles. The maximum Gasteiger partial charge on any atom is 0.277 e. The summed E-state index contributed by atoms with van der Waals surface area (Å²) in [6.45, 7) is 0.155. The van der Waals surface area contributed by atoms with Crippen LogP contribution in [0.3, 0.4) is 0 Å². The summed E-state index contributed by atoms with van der Waals surface area (Å²) in [4.78, 5) is 27.6. The minimum absolute atomic E-state index is 0.0233. The molecule has 0 fully saturated rings. The molecular weight excluding hydrogens is 381 g/mol. The first-order chi connectivity index (χ1) is 14.0. The maximum absolute atomic E-state index is 13.4. The fourth-order valence-electron chi connectivity index (χ4n) is 3.02. The SMILES string of the molecule is COc1cc(CNC(=O)c2nnn3c2c(=O)[nH]c2cc(F)ccc23)cc(OC)c1. The Morgan fingerprint density at radius 3 is 2.59 bits per heavy atom. The predicted octanol–water partition coefficient (Wildman–Crippen LogP) is 1.66. The largest absolute Gasteiger partial charge is 0.497 e. The number of rotatable bonds is 5. The van der Waals surface area contributed by atoms with Crippen molar-refractivity contribution in [3.63, 3.8) is 0 Å². The highest BCUT2D eigenvalue weighted by Gasteiger charge is 2.20. The van der Waals surface area contributed by atoms with Gasteiger partial charge in [-0.3, -0.25) is 9.59 Å². The third kappa shape index (κ3) is 3.35. The lowest BCUT2D eigenvalue weighted by atomic mass is 10.2. The number of carbonyl (C=O) groups excluding carboxylic acids is 1. The molecule has 148 valence electrons. The Morgan fingerprint density at radius 1 is 1.17 bits per heavy atom. The summed E-state index contributed by atoms with van der Waals surface area (Å²) < 4.78 is 25.1. The number of benzene rings is 2. The molecule has 0 unspecified atom stereocenters. The van der Waals surface area contributed by atoms with Crippen LogP contribution >= 0.6 is 0 Å². The first-order valence-electron chi connectivity index (χ1n) is 8.57. The molecule has 10 heteroatoms. The number of halogens is 1. The van der Waals surface area contributed by atoms with Crippen LogP contribution in [-0.4, -0.2) is 39.9 Å². The van der Waals surface area contributed by atoms with E-state index in [9.17, 15) is 14.0 Å². The van der Waals surface area contributed by atoms with Crippen LogP contribution in [0.25, 0.3) is 16.6 Å². The van der Waals surface area contributed by atoms with Gasteiger partial charge in [0.25, 0.3) is 11.5 Å². The van der Waals surface area contributed by atoms with E-state index in [0.717, 1.165) is 5.56 Å². The van der Waals surface area contributed by atoms with E-state index in [0.29, 0.717) is 17.0 Å². The molecular formula is C19H16FN5O4. The molecule has 0 radical (unpaired) electrons. The normalized spacial score (nSPS) is 11.0. The number of aromatic nitrogens is 4. The number of aromatic amines is 1. The molecule has 2 heterocycles. The molecule has 1 amide bonds. The van der Waals surface area contributed by atoms with Gasteiger partial charge in [-0.2, -0.15) is 0 Å². The van der Waals surface area contributed by atoms with Crippen molar-refractivity contribution >= 4 is 22.5 Å². The van der Waals surface area contributed by atoms with Gasteiger partial charge in [0.2, 0.25) is 0 Å². The van der Waals surface area contributed by atoms with Gasteiger partial charge in [-0.1, -0.05) is 5.21 Å². The Kier molecular flexibility index (Phi) is 4.59. The molecule has 0 atom stereocenters. The molecule has 0 aliphatic rings. The highest BCUT2D eigenvalue weighted by atomic mass is 19.1. The van der Waals surface area contributed by atoms with Crippen LogP contribution in [0.4, 0.5) is 4.39 Å². The summed E-state index contributed by atoms with van der Waals surface area (Å²) in [5.41, 5.74) is 0.659. The summed E-state index contributed by atoms with van der Waals surface area (Å²) >= 11 is 0. The number of hydrogen-bond donors (Lipinski definition) is 2. The van der Waals surface area contributed by atoms with E-state index in [2.05, 4.69) is 20.6 Å². The zero-order chi connectivity index (χ0) is 20.5. The Morgan fingerprint density at radius 2 is 1.90 bits per heavy atom. The van der Waals surface area contributed by atoms with Gasteiger partial charge < -0.3 is 19.8 Å². The molecule has 0 spiro atoms. The molecule has 0 saturated heterocycles. The van der Waals surface area contributed by atoms with Gasteiger partial charge in [-0.15, -0.1) is 5.10 Å². The van der Waals surface area contributed by atoms with Crippen molar-refractivity contribution in [1.82, 2.24) is 25.1 Å². The number of nitrogens with one attached hydrogen (secondary N) is 2. The van der Waals surface area contributed by atoms with Crippen molar-refractivity contribution in [3.8, 4) is 11.5 Å². The number of amides is 1. The van der Waals surface area contributed by atoms with E-state index < -0.39 is 17.3 Å². The van der Waals surface area contributed by atoms with Crippen molar-refractivity contribution in [1.29, 1.82) is 0 Å². The van der Waals surface area contributed by atoms with Crippen LogP contribution in [0.15, 0.2) is 41.2 Å². The first-order valence-corrected chi connectivity index (χ1v) is 8.57. The third-order valence-corrected chi connectivity index (χ3v) is 4.40. The van der Waals surface area contributed by atoms with Crippen molar-refractivity contribution in [2.45, 2.75) is 6.54 Å². The summed E-state index contributed by atoms with van der Waals surface area (Å²) in [6, 6.07) is 9.08. The predicted molar refractivity (Wildman–Crippen MR) is 102 cm³/mol. The van der Waals surface area contributed by atoms with E-state index in [1.165, 1.54) is 36.9 Å². The van der Waals surface area contributed by atoms with Crippen molar-refractivity contribution in [2.24, 2.45) is 0 Å². The molecule has 0 aliphatic heterocycles. The molecule has 0 bridgehead atoms. The lowest BCUT2D eigenvalue weighted by Crippen LogP contribution is -2.25. The summed E-state index contributed by atoms with van der Waals surface area (Å²) in [6.07, 6.45) is 0. The average Bonchev–Trinajstić information content (AvgIpc) is 3.17. The van der Waals surface area contributed by atoms with E-state index in [-0.39, 0.29) is 23.3 Å². The standard InChI is InChI=1S/C19H16FN5O4/c1-28-12-5-10(6-13(8-12)29-2)9-21-18(26)16-17-19(27)22-14-7-11(20)3-4-15(14)25(17)24-23-16/h3-8H,9H2,1-2H3,(H,21,26)(H,22,27). The monoisotopic (exact) mass is 397 g/mol.